The number of pyridine rings is 1. The predicted octanol–water partition coefficient (Wildman–Crippen LogP) is 2.26. The molecule has 3 heterocycles. The summed E-state index contributed by atoms with van der Waals surface area (Å²) in [6.45, 7) is 3.64. The summed E-state index contributed by atoms with van der Waals surface area (Å²) in [7, 11) is -2.76. The molecule has 23 heavy (non-hydrogen) atoms. The summed E-state index contributed by atoms with van der Waals surface area (Å²) in [5, 5.41) is 0.548. The zero-order valence-corrected chi connectivity index (χ0v) is 14.7. The number of likely N-dealkylation sites (tertiary alicyclic amines) is 1. The SMILES string of the molecule is O=S1(=O)CCC(CN2CCC(COc3ccncc3Cl)CC2)C1. The van der Waals surface area contributed by atoms with Crippen LogP contribution in [0.2, 0.25) is 5.02 Å². The predicted molar refractivity (Wildman–Crippen MR) is 90.7 cm³/mol. The molecule has 0 saturated carbocycles. The molecule has 0 aromatic carbocycles. The van der Waals surface area contributed by atoms with Crippen LogP contribution in [0.3, 0.4) is 0 Å². The van der Waals surface area contributed by atoms with Gasteiger partial charge < -0.3 is 9.64 Å². The fourth-order valence-corrected chi connectivity index (χ4v) is 5.43. The first kappa shape index (κ1) is 17.0. The largest absolute Gasteiger partial charge is 0.492 e. The first-order chi connectivity index (χ1) is 11.0. The minimum Gasteiger partial charge on any atom is -0.492 e. The number of hydrogen-bond donors (Lipinski definition) is 0. The van der Waals surface area contributed by atoms with Crippen LogP contribution in [0.1, 0.15) is 19.3 Å². The molecule has 0 aliphatic carbocycles. The van der Waals surface area contributed by atoms with E-state index in [1.54, 1.807) is 18.5 Å². The number of sulfone groups is 1. The molecule has 2 saturated heterocycles. The van der Waals surface area contributed by atoms with E-state index in [2.05, 4.69) is 9.88 Å². The smallest absolute Gasteiger partial charge is 0.150 e. The lowest BCUT2D eigenvalue weighted by Crippen LogP contribution is -2.38. The van der Waals surface area contributed by atoms with Crippen LogP contribution in [0.25, 0.3) is 0 Å². The Labute approximate surface area is 142 Å². The molecule has 0 bridgehead atoms. The molecule has 1 unspecified atom stereocenters. The number of rotatable bonds is 5. The number of hydrogen-bond acceptors (Lipinski definition) is 5. The third-order valence-corrected chi connectivity index (χ3v) is 6.88. The first-order valence-corrected chi connectivity index (χ1v) is 10.4. The summed E-state index contributed by atoms with van der Waals surface area (Å²) in [4.78, 5) is 6.35. The van der Waals surface area contributed by atoms with Gasteiger partial charge in [-0.2, -0.15) is 0 Å². The van der Waals surface area contributed by atoms with E-state index in [1.165, 1.54) is 0 Å². The van der Waals surface area contributed by atoms with Crippen LogP contribution < -0.4 is 4.74 Å². The summed E-state index contributed by atoms with van der Waals surface area (Å²) in [6, 6.07) is 1.79. The van der Waals surface area contributed by atoms with E-state index < -0.39 is 9.84 Å². The van der Waals surface area contributed by atoms with Crippen LogP contribution in [0.15, 0.2) is 18.5 Å². The second kappa shape index (κ2) is 7.36. The molecule has 1 aromatic heterocycles. The summed E-state index contributed by atoms with van der Waals surface area (Å²) < 4.78 is 28.9. The Bertz CT molecular complexity index is 630. The maximum atomic E-state index is 11.5. The number of halogens is 1. The summed E-state index contributed by atoms with van der Waals surface area (Å²) in [6.07, 6.45) is 6.27. The van der Waals surface area contributed by atoms with Gasteiger partial charge in [0.15, 0.2) is 9.84 Å². The van der Waals surface area contributed by atoms with Gasteiger partial charge in [0.05, 0.1) is 18.1 Å². The van der Waals surface area contributed by atoms with Crippen molar-refractivity contribution in [2.45, 2.75) is 19.3 Å². The topological polar surface area (TPSA) is 59.5 Å². The van der Waals surface area contributed by atoms with Gasteiger partial charge in [-0.25, -0.2) is 8.42 Å². The standard InChI is InChI=1S/C16H23ClN2O3S/c17-15-9-18-5-1-16(15)22-11-13-2-6-19(7-3-13)10-14-4-8-23(20,21)12-14/h1,5,9,13-14H,2-4,6-8,10-12H2. The first-order valence-electron chi connectivity index (χ1n) is 8.17. The van der Waals surface area contributed by atoms with Crippen LogP contribution in [0.5, 0.6) is 5.75 Å². The lowest BCUT2D eigenvalue weighted by atomic mass is 9.96. The fourth-order valence-electron chi connectivity index (χ4n) is 3.40. The molecular weight excluding hydrogens is 336 g/mol. The van der Waals surface area contributed by atoms with Crippen LogP contribution in [-0.2, 0) is 9.84 Å². The Morgan fingerprint density at radius 3 is 2.70 bits per heavy atom. The van der Waals surface area contributed by atoms with E-state index in [0.29, 0.717) is 40.7 Å². The normalized spacial score (nSPS) is 25.5. The number of piperidine rings is 1. The van der Waals surface area contributed by atoms with Crippen molar-refractivity contribution in [3.63, 3.8) is 0 Å². The minimum atomic E-state index is -2.76. The molecule has 5 nitrogen and oxygen atoms in total. The Balaban J connectivity index is 1.40. The Morgan fingerprint density at radius 1 is 1.26 bits per heavy atom. The molecule has 2 aliphatic heterocycles. The van der Waals surface area contributed by atoms with Gasteiger partial charge in [0, 0.05) is 25.0 Å². The van der Waals surface area contributed by atoms with Crippen molar-refractivity contribution in [2.24, 2.45) is 11.8 Å². The van der Waals surface area contributed by atoms with Crippen LogP contribution in [0, 0.1) is 11.8 Å². The summed E-state index contributed by atoms with van der Waals surface area (Å²) in [5.74, 6) is 2.29. The molecule has 0 amide bonds. The van der Waals surface area contributed by atoms with Gasteiger partial charge in [0.2, 0.25) is 0 Å². The lowest BCUT2D eigenvalue weighted by Gasteiger charge is -2.33. The van der Waals surface area contributed by atoms with E-state index in [4.69, 9.17) is 16.3 Å². The van der Waals surface area contributed by atoms with Gasteiger partial charge in [-0.3, -0.25) is 4.98 Å². The Kier molecular flexibility index (Phi) is 5.44. The van der Waals surface area contributed by atoms with Gasteiger partial charge in [-0.15, -0.1) is 0 Å². The van der Waals surface area contributed by atoms with E-state index in [0.717, 1.165) is 38.9 Å². The zero-order chi connectivity index (χ0) is 16.3. The molecule has 1 aromatic rings. The maximum Gasteiger partial charge on any atom is 0.150 e. The molecule has 0 N–H and O–H groups in total. The van der Waals surface area contributed by atoms with Crippen molar-refractivity contribution in [1.29, 1.82) is 0 Å². The van der Waals surface area contributed by atoms with Crippen molar-refractivity contribution in [1.82, 2.24) is 9.88 Å². The highest BCUT2D eigenvalue weighted by Gasteiger charge is 2.30. The van der Waals surface area contributed by atoms with Gasteiger partial charge in [0.25, 0.3) is 0 Å². The van der Waals surface area contributed by atoms with Gasteiger partial charge in [-0.1, -0.05) is 11.6 Å². The van der Waals surface area contributed by atoms with E-state index in [9.17, 15) is 8.42 Å². The number of ether oxygens (including phenoxy) is 1. The highest BCUT2D eigenvalue weighted by molar-refractivity contribution is 7.91. The zero-order valence-electron chi connectivity index (χ0n) is 13.2. The average Bonchev–Trinajstić information content (AvgIpc) is 2.87. The average molecular weight is 359 g/mol. The fraction of sp³-hybridized carbons (Fsp3) is 0.688. The van der Waals surface area contributed by atoms with Crippen LogP contribution in [-0.4, -0.2) is 56.0 Å². The Hall–Kier alpha value is -0.850. The quantitative estimate of drug-likeness (QED) is 0.808. The molecule has 2 fully saturated rings. The second-order valence-corrected chi connectivity index (χ2v) is 9.27. The van der Waals surface area contributed by atoms with Gasteiger partial charge in [-0.05, 0) is 44.2 Å². The van der Waals surface area contributed by atoms with E-state index in [1.807, 2.05) is 0 Å². The lowest BCUT2D eigenvalue weighted by molar-refractivity contribution is 0.130. The van der Waals surface area contributed by atoms with E-state index >= 15 is 0 Å². The third kappa shape index (κ3) is 4.81. The molecule has 128 valence electrons. The molecule has 1 atom stereocenters. The molecular formula is C16H23ClN2O3S. The minimum absolute atomic E-state index is 0.323. The van der Waals surface area contributed by atoms with E-state index in [-0.39, 0.29) is 0 Å². The van der Waals surface area contributed by atoms with Crippen LogP contribution in [0.4, 0.5) is 0 Å². The molecule has 0 radical (unpaired) electrons. The van der Waals surface area contributed by atoms with Gasteiger partial charge in [0.1, 0.15) is 10.8 Å². The third-order valence-electron chi connectivity index (χ3n) is 4.76. The van der Waals surface area contributed by atoms with Crippen molar-refractivity contribution in [2.75, 3.05) is 37.7 Å². The van der Waals surface area contributed by atoms with Crippen molar-refractivity contribution >= 4 is 21.4 Å². The van der Waals surface area contributed by atoms with Crippen molar-refractivity contribution < 1.29 is 13.2 Å². The van der Waals surface area contributed by atoms with Gasteiger partial charge >= 0.3 is 0 Å². The second-order valence-electron chi connectivity index (χ2n) is 6.63. The Morgan fingerprint density at radius 2 is 2.04 bits per heavy atom. The maximum absolute atomic E-state index is 11.5. The summed E-state index contributed by atoms with van der Waals surface area (Å²) in [5.41, 5.74) is 0. The number of aromatic nitrogens is 1. The molecule has 7 heteroatoms. The number of nitrogens with zero attached hydrogens (tertiary/aromatic N) is 2. The monoisotopic (exact) mass is 358 g/mol. The van der Waals surface area contributed by atoms with Crippen LogP contribution >= 0.6 is 11.6 Å². The van der Waals surface area contributed by atoms with Crippen molar-refractivity contribution in [3.05, 3.63) is 23.5 Å². The highest BCUT2D eigenvalue weighted by Crippen LogP contribution is 2.26. The molecule has 3 rings (SSSR count). The highest BCUT2D eigenvalue weighted by atomic mass is 35.5. The van der Waals surface area contributed by atoms with Crippen molar-refractivity contribution in [3.8, 4) is 5.75 Å². The molecule has 0 spiro atoms. The molecule has 2 aliphatic rings. The summed E-state index contributed by atoms with van der Waals surface area (Å²) >= 11 is 6.04.